The first-order valence-corrected chi connectivity index (χ1v) is 7.18. The molecule has 6 heteroatoms. The summed E-state index contributed by atoms with van der Waals surface area (Å²) in [6, 6.07) is 10.2. The summed E-state index contributed by atoms with van der Waals surface area (Å²) in [4.78, 5) is 23.1. The van der Waals surface area contributed by atoms with Crippen molar-refractivity contribution in [1.82, 2.24) is 15.1 Å². The average molecular weight is 301 g/mol. The maximum absolute atomic E-state index is 11.9. The molecule has 0 fully saturated rings. The van der Waals surface area contributed by atoms with Crippen molar-refractivity contribution < 1.29 is 14.7 Å². The maximum Gasteiger partial charge on any atom is 0.326 e. The fourth-order valence-electron chi connectivity index (χ4n) is 2.15. The monoisotopic (exact) mass is 301 g/mol. The van der Waals surface area contributed by atoms with Crippen molar-refractivity contribution in [3.63, 3.8) is 0 Å². The Morgan fingerprint density at radius 3 is 2.64 bits per heavy atom. The number of hydrogen-bond acceptors (Lipinski definition) is 3. The van der Waals surface area contributed by atoms with Crippen molar-refractivity contribution in [3.8, 4) is 0 Å². The van der Waals surface area contributed by atoms with Gasteiger partial charge >= 0.3 is 5.97 Å². The molecule has 0 radical (unpaired) electrons. The molecular formula is C16H19N3O3. The molecular weight excluding hydrogens is 282 g/mol. The average Bonchev–Trinajstić information content (AvgIpc) is 3.01. The smallest absolute Gasteiger partial charge is 0.326 e. The molecule has 0 unspecified atom stereocenters. The zero-order valence-corrected chi connectivity index (χ0v) is 12.2. The molecule has 2 rings (SSSR count). The summed E-state index contributed by atoms with van der Waals surface area (Å²) in [5.74, 6) is -1.28. The highest BCUT2D eigenvalue weighted by molar-refractivity contribution is 5.83. The van der Waals surface area contributed by atoms with Crippen LogP contribution in [-0.4, -0.2) is 32.8 Å². The molecule has 0 bridgehead atoms. The molecule has 0 saturated heterocycles. The third kappa shape index (κ3) is 5.05. The van der Waals surface area contributed by atoms with E-state index in [0.717, 1.165) is 5.56 Å². The van der Waals surface area contributed by atoms with E-state index in [0.29, 0.717) is 13.0 Å². The Bertz CT molecular complexity index is 596. The summed E-state index contributed by atoms with van der Waals surface area (Å²) in [6.45, 7) is 0.636. The summed E-state index contributed by atoms with van der Waals surface area (Å²) in [7, 11) is 0. The van der Waals surface area contributed by atoms with Crippen molar-refractivity contribution in [3.05, 3.63) is 54.4 Å². The first kappa shape index (κ1) is 15.8. The van der Waals surface area contributed by atoms with Crippen molar-refractivity contribution in [1.29, 1.82) is 0 Å². The Kier molecular flexibility index (Phi) is 5.71. The Balaban J connectivity index is 1.80. The lowest BCUT2D eigenvalue weighted by atomic mass is 10.1. The molecule has 22 heavy (non-hydrogen) atoms. The molecule has 1 atom stereocenters. The highest BCUT2D eigenvalue weighted by Gasteiger charge is 2.19. The standard InChI is InChI=1S/C16H19N3O3/c20-15(8-4-10-19-11-5-9-17-19)18-14(16(21)22)12-13-6-2-1-3-7-13/h1-3,5-7,9,11,14H,4,8,10,12H2,(H,18,20)(H,21,22)/t14-/m0/s1. The number of carboxylic acids is 1. The molecule has 0 spiro atoms. The van der Waals surface area contributed by atoms with E-state index < -0.39 is 12.0 Å². The summed E-state index contributed by atoms with van der Waals surface area (Å²) >= 11 is 0. The van der Waals surface area contributed by atoms with Crippen molar-refractivity contribution in [2.75, 3.05) is 0 Å². The van der Waals surface area contributed by atoms with E-state index in [1.165, 1.54) is 0 Å². The van der Waals surface area contributed by atoms with Crippen LogP contribution in [0.5, 0.6) is 0 Å². The van der Waals surface area contributed by atoms with Gasteiger partial charge in [0.05, 0.1) is 0 Å². The molecule has 6 nitrogen and oxygen atoms in total. The summed E-state index contributed by atoms with van der Waals surface area (Å²) < 4.78 is 1.74. The summed E-state index contributed by atoms with van der Waals surface area (Å²) in [5, 5.41) is 15.9. The number of carboxylic acid groups (broad SMARTS) is 1. The van der Waals surface area contributed by atoms with Gasteiger partial charge in [-0.2, -0.15) is 5.10 Å². The number of nitrogens with one attached hydrogen (secondary N) is 1. The predicted octanol–water partition coefficient (Wildman–Crippen LogP) is 1.48. The van der Waals surface area contributed by atoms with Crippen LogP contribution < -0.4 is 5.32 Å². The number of hydrogen-bond donors (Lipinski definition) is 2. The fraction of sp³-hybridized carbons (Fsp3) is 0.312. The molecule has 0 aliphatic rings. The van der Waals surface area contributed by atoms with E-state index in [1.54, 1.807) is 10.9 Å². The minimum atomic E-state index is -1.02. The second-order valence-electron chi connectivity index (χ2n) is 5.02. The molecule has 1 amide bonds. The molecule has 0 aliphatic heterocycles. The zero-order chi connectivity index (χ0) is 15.8. The van der Waals surface area contributed by atoms with Gasteiger partial charge in [0, 0.05) is 31.8 Å². The van der Waals surface area contributed by atoms with Gasteiger partial charge in [-0.25, -0.2) is 4.79 Å². The number of carbonyl (C=O) groups excluding carboxylic acids is 1. The molecule has 0 saturated carbocycles. The third-order valence-corrected chi connectivity index (χ3v) is 3.27. The van der Waals surface area contributed by atoms with Crippen LogP contribution in [0.25, 0.3) is 0 Å². The molecule has 1 aromatic heterocycles. The number of aromatic nitrogens is 2. The van der Waals surface area contributed by atoms with Gasteiger partial charge in [-0.05, 0) is 18.1 Å². The van der Waals surface area contributed by atoms with Crippen molar-refractivity contribution in [2.45, 2.75) is 31.8 Å². The van der Waals surface area contributed by atoms with Gasteiger partial charge in [0.2, 0.25) is 5.91 Å². The van der Waals surface area contributed by atoms with Crippen LogP contribution in [0.1, 0.15) is 18.4 Å². The van der Waals surface area contributed by atoms with E-state index in [1.807, 2.05) is 42.6 Å². The van der Waals surface area contributed by atoms with E-state index in [9.17, 15) is 14.7 Å². The highest BCUT2D eigenvalue weighted by atomic mass is 16.4. The molecule has 1 heterocycles. The van der Waals surface area contributed by atoms with E-state index >= 15 is 0 Å². The van der Waals surface area contributed by atoms with Gasteiger partial charge in [-0.3, -0.25) is 9.48 Å². The molecule has 0 aliphatic carbocycles. The summed E-state index contributed by atoms with van der Waals surface area (Å²) in [5.41, 5.74) is 0.881. The van der Waals surface area contributed by atoms with E-state index in [2.05, 4.69) is 10.4 Å². The minimum absolute atomic E-state index is 0.254. The topological polar surface area (TPSA) is 84.2 Å². The number of aliphatic carboxylic acids is 1. The van der Waals surface area contributed by atoms with Gasteiger partial charge < -0.3 is 10.4 Å². The van der Waals surface area contributed by atoms with Crippen molar-refractivity contribution >= 4 is 11.9 Å². The lowest BCUT2D eigenvalue weighted by molar-refractivity contribution is -0.141. The lowest BCUT2D eigenvalue weighted by Gasteiger charge is -2.14. The SMILES string of the molecule is O=C(CCCn1cccn1)N[C@@H](Cc1ccccc1)C(=O)O. The normalized spacial score (nSPS) is 11.8. The van der Waals surface area contributed by atoms with Gasteiger partial charge in [0.15, 0.2) is 0 Å². The van der Waals surface area contributed by atoms with Gasteiger partial charge in [-0.15, -0.1) is 0 Å². The molecule has 1 aromatic carbocycles. The van der Waals surface area contributed by atoms with Crippen LogP contribution in [0, 0.1) is 0 Å². The van der Waals surface area contributed by atoms with Crippen LogP contribution in [0.2, 0.25) is 0 Å². The predicted molar refractivity (Wildman–Crippen MR) is 81.2 cm³/mol. The Labute approximate surface area is 128 Å². The molecule has 116 valence electrons. The summed E-state index contributed by atoms with van der Waals surface area (Å²) in [6.07, 6.45) is 4.68. The molecule has 2 N–H and O–H groups in total. The Hall–Kier alpha value is -2.63. The second kappa shape index (κ2) is 7.97. The fourth-order valence-corrected chi connectivity index (χ4v) is 2.15. The zero-order valence-electron chi connectivity index (χ0n) is 12.2. The van der Waals surface area contributed by atoms with Crippen molar-refractivity contribution in [2.24, 2.45) is 0 Å². The first-order chi connectivity index (χ1) is 10.6. The minimum Gasteiger partial charge on any atom is -0.480 e. The van der Waals surface area contributed by atoms with Crippen LogP contribution in [0.15, 0.2) is 48.8 Å². The number of benzene rings is 1. The van der Waals surface area contributed by atoms with Gasteiger partial charge in [0.1, 0.15) is 6.04 Å². The van der Waals surface area contributed by atoms with Gasteiger partial charge in [-0.1, -0.05) is 30.3 Å². The number of aryl methyl sites for hydroxylation is 1. The van der Waals surface area contributed by atoms with E-state index in [-0.39, 0.29) is 18.7 Å². The Morgan fingerprint density at radius 1 is 1.23 bits per heavy atom. The number of amides is 1. The van der Waals surface area contributed by atoms with Gasteiger partial charge in [0.25, 0.3) is 0 Å². The van der Waals surface area contributed by atoms with Crippen LogP contribution in [-0.2, 0) is 22.6 Å². The number of nitrogens with zero attached hydrogens (tertiary/aromatic N) is 2. The van der Waals surface area contributed by atoms with E-state index in [4.69, 9.17) is 0 Å². The Morgan fingerprint density at radius 2 is 2.00 bits per heavy atom. The first-order valence-electron chi connectivity index (χ1n) is 7.18. The van der Waals surface area contributed by atoms with Crippen LogP contribution >= 0.6 is 0 Å². The number of rotatable bonds is 8. The second-order valence-corrected chi connectivity index (χ2v) is 5.02. The largest absolute Gasteiger partial charge is 0.480 e. The highest BCUT2D eigenvalue weighted by Crippen LogP contribution is 2.04. The van der Waals surface area contributed by atoms with Crippen LogP contribution in [0.4, 0.5) is 0 Å². The molecule has 2 aromatic rings. The maximum atomic E-state index is 11.9. The third-order valence-electron chi connectivity index (χ3n) is 3.27. The lowest BCUT2D eigenvalue weighted by Crippen LogP contribution is -2.42. The number of carbonyl (C=O) groups is 2. The quantitative estimate of drug-likeness (QED) is 0.773. The van der Waals surface area contributed by atoms with Crippen LogP contribution in [0.3, 0.4) is 0 Å².